The highest BCUT2D eigenvalue weighted by Crippen LogP contribution is 2.27. The molecule has 2 N–H and O–H groups in total. The van der Waals surface area contributed by atoms with Gasteiger partial charge >= 0.3 is 0 Å². The molecule has 23 heavy (non-hydrogen) atoms. The summed E-state index contributed by atoms with van der Waals surface area (Å²) in [7, 11) is 0. The van der Waals surface area contributed by atoms with Gasteiger partial charge in [0.25, 0.3) is 0 Å². The Hall–Kier alpha value is -2.52. The highest BCUT2D eigenvalue weighted by atomic mass is 16.5. The van der Waals surface area contributed by atoms with Gasteiger partial charge in [0.05, 0.1) is 0 Å². The molecule has 0 bridgehead atoms. The molecule has 0 aliphatic carbocycles. The third-order valence-electron chi connectivity index (χ3n) is 3.80. The van der Waals surface area contributed by atoms with E-state index >= 15 is 0 Å². The fourth-order valence-electron chi connectivity index (χ4n) is 2.68. The molecule has 0 aromatic heterocycles. The van der Waals surface area contributed by atoms with Crippen LogP contribution in [0.15, 0.2) is 60.7 Å². The molecule has 0 amide bonds. The number of nitrogens with two attached hydrogens (primary N) is 1. The molecular weight excluding hydrogens is 286 g/mol. The second-order valence-electron chi connectivity index (χ2n) is 5.48. The van der Waals surface area contributed by atoms with Crippen LogP contribution in [0, 0.1) is 6.92 Å². The molecule has 0 spiro atoms. The number of rotatable bonds is 6. The average Bonchev–Trinajstić information content (AvgIpc) is 2.58. The molecule has 0 heterocycles. The van der Waals surface area contributed by atoms with Crippen molar-refractivity contribution in [1.82, 2.24) is 0 Å². The van der Waals surface area contributed by atoms with Gasteiger partial charge in [0, 0.05) is 12.1 Å². The van der Waals surface area contributed by atoms with Gasteiger partial charge in [-0.05, 0) is 41.5 Å². The summed E-state index contributed by atoms with van der Waals surface area (Å²) in [6, 6.07) is 20.3. The first-order valence-electron chi connectivity index (χ1n) is 7.81. The standard InChI is InChI=1S/C20H21NO2/c1-15-5-4-7-17(13-15)22-11-12-23-20-10-9-16-6-2-3-8-18(16)19(20)14-21/h2-10,13H,11-12,14,21H2,1H3. The monoisotopic (exact) mass is 307 g/mol. The predicted molar refractivity (Wildman–Crippen MR) is 94.0 cm³/mol. The fourth-order valence-corrected chi connectivity index (χ4v) is 2.68. The molecule has 0 radical (unpaired) electrons. The summed E-state index contributed by atoms with van der Waals surface area (Å²) in [5.74, 6) is 1.70. The van der Waals surface area contributed by atoms with Crippen LogP contribution >= 0.6 is 0 Å². The summed E-state index contributed by atoms with van der Waals surface area (Å²) >= 11 is 0. The third kappa shape index (κ3) is 3.63. The number of fused-ring (bicyclic) bond motifs is 1. The van der Waals surface area contributed by atoms with Crippen LogP contribution < -0.4 is 15.2 Å². The van der Waals surface area contributed by atoms with Crippen LogP contribution in [0.25, 0.3) is 10.8 Å². The molecule has 0 atom stereocenters. The predicted octanol–water partition coefficient (Wildman–Crippen LogP) is 4.06. The minimum Gasteiger partial charge on any atom is -0.490 e. The first-order valence-corrected chi connectivity index (χ1v) is 7.81. The number of hydrogen-bond donors (Lipinski definition) is 1. The van der Waals surface area contributed by atoms with Crippen molar-refractivity contribution >= 4 is 10.8 Å². The summed E-state index contributed by atoms with van der Waals surface area (Å²) in [6.07, 6.45) is 0. The summed E-state index contributed by atoms with van der Waals surface area (Å²) in [5.41, 5.74) is 8.14. The van der Waals surface area contributed by atoms with Gasteiger partial charge in [-0.2, -0.15) is 0 Å². The van der Waals surface area contributed by atoms with Crippen molar-refractivity contribution in [2.45, 2.75) is 13.5 Å². The van der Waals surface area contributed by atoms with Gasteiger partial charge in [0.1, 0.15) is 24.7 Å². The first kappa shape index (κ1) is 15.4. The van der Waals surface area contributed by atoms with Crippen LogP contribution in [0.4, 0.5) is 0 Å². The Morgan fingerprint density at radius 1 is 0.870 bits per heavy atom. The number of hydrogen-bond acceptors (Lipinski definition) is 3. The maximum Gasteiger partial charge on any atom is 0.124 e. The minimum atomic E-state index is 0.454. The van der Waals surface area contributed by atoms with Crippen molar-refractivity contribution in [3.63, 3.8) is 0 Å². The van der Waals surface area contributed by atoms with Crippen LogP contribution in [-0.2, 0) is 6.54 Å². The van der Waals surface area contributed by atoms with E-state index < -0.39 is 0 Å². The van der Waals surface area contributed by atoms with Gasteiger partial charge in [0.15, 0.2) is 0 Å². The highest BCUT2D eigenvalue weighted by Gasteiger charge is 2.07. The summed E-state index contributed by atoms with van der Waals surface area (Å²) < 4.78 is 11.6. The maximum absolute atomic E-state index is 5.92. The van der Waals surface area contributed by atoms with E-state index in [0.717, 1.165) is 22.4 Å². The molecule has 3 rings (SSSR count). The zero-order valence-corrected chi connectivity index (χ0v) is 13.3. The highest BCUT2D eigenvalue weighted by molar-refractivity contribution is 5.87. The van der Waals surface area contributed by atoms with Crippen molar-refractivity contribution in [2.24, 2.45) is 5.73 Å². The third-order valence-corrected chi connectivity index (χ3v) is 3.80. The average molecular weight is 307 g/mol. The number of ether oxygens (including phenoxy) is 2. The van der Waals surface area contributed by atoms with Crippen molar-refractivity contribution in [3.05, 3.63) is 71.8 Å². The van der Waals surface area contributed by atoms with Crippen LogP contribution in [0.1, 0.15) is 11.1 Å². The van der Waals surface area contributed by atoms with Gasteiger partial charge in [0.2, 0.25) is 0 Å². The SMILES string of the molecule is Cc1cccc(OCCOc2ccc3ccccc3c2CN)c1. The molecule has 0 unspecified atom stereocenters. The quantitative estimate of drug-likeness (QED) is 0.698. The molecule has 3 aromatic rings. The summed E-state index contributed by atoms with van der Waals surface area (Å²) in [5, 5.41) is 2.32. The van der Waals surface area contributed by atoms with Crippen LogP contribution in [0.3, 0.4) is 0 Å². The maximum atomic E-state index is 5.92. The molecule has 0 saturated carbocycles. The smallest absolute Gasteiger partial charge is 0.124 e. The van der Waals surface area contributed by atoms with E-state index in [2.05, 4.69) is 18.2 Å². The van der Waals surface area contributed by atoms with Crippen molar-refractivity contribution in [2.75, 3.05) is 13.2 Å². The van der Waals surface area contributed by atoms with Crippen LogP contribution in [-0.4, -0.2) is 13.2 Å². The number of benzene rings is 3. The second-order valence-corrected chi connectivity index (χ2v) is 5.48. The fraction of sp³-hybridized carbons (Fsp3) is 0.200. The molecule has 3 aromatic carbocycles. The molecule has 0 fully saturated rings. The van der Waals surface area contributed by atoms with E-state index in [1.54, 1.807) is 0 Å². The lowest BCUT2D eigenvalue weighted by atomic mass is 10.0. The van der Waals surface area contributed by atoms with E-state index in [1.165, 1.54) is 10.9 Å². The summed E-state index contributed by atoms with van der Waals surface area (Å²) in [4.78, 5) is 0. The lowest BCUT2D eigenvalue weighted by Gasteiger charge is -2.13. The van der Waals surface area contributed by atoms with Gasteiger partial charge in [-0.1, -0.05) is 42.5 Å². The lowest BCUT2D eigenvalue weighted by Crippen LogP contribution is -2.11. The van der Waals surface area contributed by atoms with Crippen molar-refractivity contribution in [3.8, 4) is 11.5 Å². The Morgan fingerprint density at radius 2 is 1.70 bits per heavy atom. The zero-order chi connectivity index (χ0) is 16.1. The second kappa shape index (κ2) is 7.16. The molecule has 118 valence electrons. The van der Waals surface area contributed by atoms with E-state index in [1.807, 2.05) is 49.4 Å². The molecule has 0 aliphatic rings. The lowest BCUT2D eigenvalue weighted by molar-refractivity contribution is 0.216. The Bertz CT molecular complexity index is 799. The molecule has 3 heteroatoms. The normalized spacial score (nSPS) is 10.7. The van der Waals surface area contributed by atoms with Crippen LogP contribution in [0.2, 0.25) is 0 Å². The first-order chi connectivity index (χ1) is 11.3. The van der Waals surface area contributed by atoms with Gasteiger partial charge in [-0.25, -0.2) is 0 Å². The van der Waals surface area contributed by atoms with Crippen molar-refractivity contribution in [1.29, 1.82) is 0 Å². The topological polar surface area (TPSA) is 44.5 Å². The number of aryl methyl sites for hydroxylation is 1. The van der Waals surface area contributed by atoms with Gasteiger partial charge < -0.3 is 15.2 Å². The zero-order valence-electron chi connectivity index (χ0n) is 13.3. The largest absolute Gasteiger partial charge is 0.490 e. The van der Waals surface area contributed by atoms with Gasteiger partial charge in [-0.3, -0.25) is 0 Å². The molecular formula is C20H21NO2. The summed E-state index contributed by atoms with van der Waals surface area (Å²) in [6.45, 7) is 3.49. The molecule has 0 aliphatic heterocycles. The molecule has 0 saturated heterocycles. The van der Waals surface area contributed by atoms with E-state index in [9.17, 15) is 0 Å². The Balaban J connectivity index is 1.65. The van der Waals surface area contributed by atoms with E-state index in [0.29, 0.717) is 19.8 Å². The van der Waals surface area contributed by atoms with Crippen molar-refractivity contribution < 1.29 is 9.47 Å². The Labute approximate surface area is 136 Å². The van der Waals surface area contributed by atoms with Gasteiger partial charge in [-0.15, -0.1) is 0 Å². The Kier molecular flexibility index (Phi) is 4.79. The minimum absolute atomic E-state index is 0.454. The Morgan fingerprint density at radius 3 is 2.52 bits per heavy atom. The van der Waals surface area contributed by atoms with Crippen LogP contribution in [0.5, 0.6) is 11.5 Å². The van der Waals surface area contributed by atoms with E-state index in [4.69, 9.17) is 15.2 Å². The van der Waals surface area contributed by atoms with E-state index in [-0.39, 0.29) is 0 Å². The molecule has 3 nitrogen and oxygen atoms in total.